The molecule has 0 spiro atoms. The van der Waals surface area contributed by atoms with E-state index in [-0.39, 0.29) is 0 Å². The average Bonchev–Trinajstić information content (AvgIpc) is 2.24. The summed E-state index contributed by atoms with van der Waals surface area (Å²) in [5.41, 5.74) is 3.98. The van der Waals surface area contributed by atoms with Crippen molar-refractivity contribution in [1.29, 1.82) is 0 Å². The van der Waals surface area contributed by atoms with Crippen LogP contribution in [0.1, 0.15) is 23.7 Å². The zero-order valence-corrected chi connectivity index (χ0v) is 11.1. The summed E-state index contributed by atoms with van der Waals surface area (Å²) in [7, 11) is 0. The topological polar surface area (TPSA) is 12.9 Å². The van der Waals surface area contributed by atoms with Crippen molar-refractivity contribution in [3.05, 3.63) is 39.0 Å². The highest BCUT2D eigenvalue weighted by Crippen LogP contribution is 2.32. The van der Waals surface area contributed by atoms with Gasteiger partial charge in [-0.25, -0.2) is 0 Å². The maximum Gasteiger partial charge on any atom is 0.0906 e. The van der Waals surface area contributed by atoms with Crippen LogP contribution in [-0.4, -0.2) is 4.98 Å². The van der Waals surface area contributed by atoms with E-state index in [1.807, 2.05) is 26.0 Å². The van der Waals surface area contributed by atoms with Gasteiger partial charge in [-0.3, -0.25) is 4.98 Å². The summed E-state index contributed by atoms with van der Waals surface area (Å²) in [6.45, 7) is 6.08. The zero-order valence-electron chi connectivity index (χ0n) is 9.56. The Balaban J connectivity index is 2.92. The number of hydrogen-bond acceptors (Lipinski definition) is 1. The Labute approximate surface area is 105 Å². The summed E-state index contributed by atoms with van der Waals surface area (Å²) >= 11 is 12.5. The third-order valence-corrected chi connectivity index (χ3v) is 3.56. The first-order valence-corrected chi connectivity index (χ1v) is 6.05. The van der Waals surface area contributed by atoms with Crippen molar-refractivity contribution in [2.24, 2.45) is 0 Å². The number of fused-ring (bicyclic) bond motifs is 1. The molecule has 3 heteroatoms. The van der Waals surface area contributed by atoms with Crippen LogP contribution in [0.15, 0.2) is 12.1 Å². The lowest BCUT2D eigenvalue weighted by atomic mass is 10.1. The normalized spacial score (nSPS) is 11.1. The number of aromatic nitrogens is 1. The first-order chi connectivity index (χ1) is 7.54. The van der Waals surface area contributed by atoms with Crippen LogP contribution in [0.3, 0.4) is 0 Å². The first kappa shape index (κ1) is 11.7. The van der Waals surface area contributed by atoms with Gasteiger partial charge in [0.05, 0.1) is 15.6 Å². The van der Waals surface area contributed by atoms with Crippen LogP contribution in [0.25, 0.3) is 10.9 Å². The van der Waals surface area contributed by atoms with Crippen LogP contribution < -0.4 is 0 Å². The van der Waals surface area contributed by atoms with E-state index >= 15 is 0 Å². The number of aryl methyl sites for hydroxylation is 2. The molecule has 0 radical (unpaired) electrons. The molecule has 0 saturated heterocycles. The van der Waals surface area contributed by atoms with E-state index in [0.717, 1.165) is 39.2 Å². The van der Waals surface area contributed by atoms with Crippen molar-refractivity contribution in [2.45, 2.75) is 27.2 Å². The van der Waals surface area contributed by atoms with E-state index in [1.165, 1.54) is 0 Å². The van der Waals surface area contributed by atoms with E-state index in [1.54, 1.807) is 0 Å². The molecule has 0 aliphatic carbocycles. The largest absolute Gasteiger partial charge is 0.251 e. The number of pyridine rings is 1. The fourth-order valence-electron chi connectivity index (χ4n) is 1.91. The third kappa shape index (κ3) is 1.79. The molecule has 2 rings (SSSR count). The molecule has 84 valence electrons. The van der Waals surface area contributed by atoms with Crippen molar-refractivity contribution >= 4 is 34.1 Å². The summed E-state index contributed by atoms with van der Waals surface area (Å²) in [4.78, 5) is 4.58. The molecule has 16 heavy (non-hydrogen) atoms. The number of nitrogens with zero attached hydrogens (tertiary/aromatic N) is 1. The minimum absolute atomic E-state index is 0.673. The quantitative estimate of drug-likeness (QED) is 0.717. The predicted octanol–water partition coefficient (Wildman–Crippen LogP) is 4.72. The van der Waals surface area contributed by atoms with Crippen LogP contribution in [0.4, 0.5) is 0 Å². The molecule has 0 bridgehead atoms. The van der Waals surface area contributed by atoms with Crippen LogP contribution in [-0.2, 0) is 6.42 Å². The van der Waals surface area contributed by atoms with Gasteiger partial charge in [0.1, 0.15) is 0 Å². The van der Waals surface area contributed by atoms with Crippen LogP contribution in [0, 0.1) is 13.8 Å². The fourth-order valence-corrected chi connectivity index (χ4v) is 2.48. The molecule has 0 atom stereocenters. The highest BCUT2D eigenvalue weighted by atomic mass is 35.5. The Bertz CT molecular complexity index is 562. The Morgan fingerprint density at radius 2 is 1.88 bits per heavy atom. The second kappa shape index (κ2) is 4.23. The summed E-state index contributed by atoms with van der Waals surface area (Å²) in [6.07, 6.45) is 0.867. The number of benzene rings is 1. The van der Waals surface area contributed by atoms with E-state index in [4.69, 9.17) is 23.2 Å². The van der Waals surface area contributed by atoms with Crippen molar-refractivity contribution in [3.8, 4) is 0 Å². The average molecular weight is 254 g/mol. The van der Waals surface area contributed by atoms with Gasteiger partial charge in [0.2, 0.25) is 0 Å². The predicted molar refractivity (Wildman–Crippen MR) is 70.6 cm³/mol. The Morgan fingerprint density at radius 3 is 2.50 bits per heavy atom. The summed E-state index contributed by atoms with van der Waals surface area (Å²) in [5.74, 6) is 0. The van der Waals surface area contributed by atoms with E-state index in [2.05, 4.69) is 11.9 Å². The van der Waals surface area contributed by atoms with Crippen LogP contribution >= 0.6 is 23.2 Å². The minimum atomic E-state index is 0.673. The molecule has 1 nitrogen and oxygen atoms in total. The van der Waals surface area contributed by atoms with E-state index in [9.17, 15) is 0 Å². The molecule has 0 saturated carbocycles. The van der Waals surface area contributed by atoms with Crippen molar-refractivity contribution in [1.82, 2.24) is 4.98 Å². The van der Waals surface area contributed by atoms with Crippen LogP contribution in [0.2, 0.25) is 10.0 Å². The molecule has 2 aromatic rings. The summed E-state index contributed by atoms with van der Waals surface area (Å²) in [5, 5.41) is 2.39. The monoisotopic (exact) mass is 253 g/mol. The first-order valence-electron chi connectivity index (χ1n) is 5.29. The molecular formula is C13H13Cl2N. The van der Waals surface area contributed by atoms with Crippen LogP contribution in [0.5, 0.6) is 0 Å². The SMILES string of the molecule is CCc1nc2c(Cl)cc(C)cc2c(Cl)c1C. The lowest BCUT2D eigenvalue weighted by Crippen LogP contribution is -1.95. The maximum atomic E-state index is 6.36. The standard InChI is InChI=1S/C13H13Cl2N/c1-4-11-8(3)12(15)9-5-7(2)6-10(14)13(9)16-11/h5-6H,4H2,1-3H3. The summed E-state index contributed by atoms with van der Waals surface area (Å²) in [6, 6.07) is 3.95. The molecule has 0 N–H and O–H groups in total. The molecule has 0 unspecified atom stereocenters. The van der Waals surface area contributed by atoms with Crippen molar-refractivity contribution < 1.29 is 0 Å². The smallest absolute Gasteiger partial charge is 0.0906 e. The van der Waals surface area contributed by atoms with E-state index < -0.39 is 0 Å². The highest BCUT2D eigenvalue weighted by Gasteiger charge is 2.11. The lowest BCUT2D eigenvalue weighted by Gasteiger charge is -2.10. The van der Waals surface area contributed by atoms with Gasteiger partial charge >= 0.3 is 0 Å². The highest BCUT2D eigenvalue weighted by molar-refractivity contribution is 6.39. The second-order valence-corrected chi connectivity index (χ2v) is 4.78. The van der Waals surface area contributed by atoms with Gasteiger partial charge < -0.3 is 0 Å². The molecule has 0 aliphatic heterocycles. The van der Waals surface area contributed by atoms with Gasteiger partial charge in [0.25, 0.3) is 0 Å². The molecule has 0 fully saturated rings. The lowest BCUT2D eigenvalue weighted by molar-refractivity contribution is 1.03. The van der Waals surface area contributed by atoms with Gasteiger partial charge in [-0.15, -0.1) is 0 Å². The Kier molecular flexibility index (Phi) is 3.09. The van der Waals surface area contributed by atoms with E-state index in [0.29, 0.717) is 5.02 Å². The van der Waals surface area contributed by atoms with Gasteiger partial charge in [0, 0.05) is 11.1 Å². The molecular weight excluding hydrogens is 241 g/mol. The van der Waals surface area contributed by atoms with Gasteiger partial charge in [-0.05, 0) is 43.5 Å². The Hall–Kier alpha value is -0.790. The molecule has 1 aromatic carbocycles. The third-order valence-electron chi connectivity index (χ3n) is 2.79. The minimum Gasteiger partial charge on any atom is -0.251 e. The fraction of sp³-hybridized carbons (Fsp3) is 0.308. The molecule has 0 aliphatic rings. The number of hydrogen-bond donors (Lipinski definition) is 0. The number of rotatable bonds is 1. The number of halogens is 2. The van der Waals surface area contributed by atoms with Crippen molar-refractivity contribution in [3.63, 3.8) is 0 Å². The molecule has 1 aromatic heterocycles. The molecule has 0 amide bonds. The van der Waals surface area contributed by atoms with Gasteiger partial charge in [-0.2, -0.15) is 0 Å². The Morgan fingerprint density at radius 1 is 1.19 bits per heavy atom. The van der Waals surface area contributed by atoms with Gasteiger partial charge in [-0.1, -0.05) is 30.1 Å². The molecule has 1 heterocycles. The second-order valence-electron chi connectivity index (χ2n) is 3.99. The summed E-state index contributed by atoms with van der Waals surface area (Å²) < 4.78 is 0. The maximum absolute atomic E-state index is 6.36. The van der Waals surface area contributed by atoms with Crippen molar-refractivity contribution in [2.75, 3.05) is 0 Å². The van der Waals surface area contributed by atoms with Gasteiger partial charge in [0.15, 0.2) is 0 Å². The zero-order chi connectivity index (χ0) is 11.9.